The van der Waals surface area contributed by atoms with Crippen molar-refractivity contribution in [2.45, 2.75) is 6.42 Å². The molecule has 0 aliphatic carbocycles. The Labute approximate surface area is 256 Å². The van der Waals surface area contributed by atoms with Crippen LogP contribution < -0.4 is 19.1 Å². The highest BCUT2D eigenvalue weighted by Crippen LogP contribution is 2.33. The van der Waals surface area contributed by atoms with Gasteiger partial charge < -0.3 is 23.8 Å². The molecule has 1 saturated heterocycles. The number of hydrogen-bond donors (Lipinski definition) is 0. The number of rotatable bonds is 10. The van der Waals surface area contributed by atoms with Crippen molar-refractivity contribution in [1.82, 2.24) is 0 Å². The number of ether oxygens (including phenoxy) is 4. The van der Waals surface area contributed by atoms with Crippen molar-refractivity contribution in [3.8, 4) is 23.0 Å². The standard InChI is InChI=1S/C33H26BrNO8/c1-40-29-4-2-3-5-30(29)42-26-16-12-25(13-17-26)35-19-23(18-31(35)37)32(38)41-20-28(36)21-8-14-27(15-9-21)43-33(39)22-6-10-24(34)11-7-22/h2-17,23H,18-20H2,1H3/t23-/m1/s1. The highest BCUT2D eigenvalue weighted by Gasteiger charge is 2.36. The van der Waals surface area contributed by atoms with Gasteiger partial charge in [-0.25, -0.2) is 4.79 Å². The maximum absolute atomic E-state index is 12.7. The summed E-state index contributed by atoms with van der Waals surface area (Å²) in [5.74, 6) is -0.524. The van der Waals surface area contributed by atoms with E-state index in [1.54, 1.807) is 67.8 Å². The van der Waals surface area contributed by atoms with Gasteiger partial charge in [0.1, 0.15) is 11.5 Å². The predicted molar refractivity (Wildman–Crippen MR) is 161 cm³/mol. The lowest BCUT2D eigenvalue weighted by Crippen LogP contribution is -2.27. The van der Waals surface area contributed by atoms with Crippen molar-refractivity contribution in [2.24, 2.45) is 5.92 Å². The molecule has 1 aliphatic heterocycles. The number of esters is 2. The third-order valence-corrected chi connectivity index (χ3v) is 7.24. The maximum Gasteiger partial charge on any atom is 0.343 e. The molecule has 1 atom stereocenters. The lowest BCUT2D eigenvalue weighted by Gasteiger charge is -2.17. The summed E-state index contributed by atoms with van der Waals surface area (Å²) < 4.78 is 22.6. The van der Waals surface area contributed by atoms with E-state index in [1.165, 1.54) is 29.2 Å². The van der Waals surface area contributed by atoms with Crippen molar-refractivity contribution in [3.05, 3.63) is 113 Å². The molecule has 1 amide bonds. The van der Waals surface area contributed by atoms with Crippen LogP contribution in [0, 0.1) is 5.92 Å². The molecule has 5 rings (SSSR count). The zero-order valence-electron chi connectivity index (χ0n) is 23.0. The van der Waals surface area contributed by atoms with Gasteiger partial charge >= 0.3 is 11.9 Å². The Morgan fingerprint density at radius 2 is 1.44 bits per heavy atom. The molecule has 0 aromatic heterocycles. The number of methoxy groups -OCH3 is 1. The van der Waals surface area contributed by atoms with Crippen LogP contribution in [0.4, 0.5) is 5.69 Å². The number of hydrogen-bond acceptors (Lipinski definition) is 8. The zero-order valence-corrected chi connectivity index (χ0v) is 24.6. The molecule has 0 unspecified atom stereocenters. The first-order chi connectivity index (χ1) is 20.8. The Balaban J connectivity index is 1.11. The summed E-state index contributed by atoms with van der Waals surface area (Å²) in [5.41, 5.74) is 1.29. The largest absolute Gasteiger partial charge is 0.493 e. The molecule has 0 N–H and O–H groups in total. The highest BCUT2D eigenvalue weighted by atomic mass is 79.9. The molecule has 1 aliphatic rings. The minimum atomic E-state index is -0.704. The normalized spacial score (nSPS) is 14.2. The second kappa shape index (κ2) is 13.3. The number of nitrogens with zero attached hydrogens (tertiary/aromatic N) is 1. The molecule has 4 aromatic carbocycles. The molecule has 0 radical (unpaired) electrons. The van der Waals surface area contributed by atoms with Crippen LogP contribution in [0.15, 0.2) is 102 Å². The van der Waals surface area contributed by atoms with Gasteiger partial charge in [0.15, 0.2) is 23.9 Å². The van der Waals surface area contributed by atoms with E-state index in [4.69, 9.17) is 18.9 Å². The smallest absolute Gasteiger partial charge is 0.343 e. The van der Waals surface area contributed by atoms with E-state index >= 15 is 0 Å². The second-order valence-corrected chi connectivity index (χ2v) is 10.5. The average molecular weight is 644 g/mol. The van der Waals surface area contributed by atoms with Gasteiger partial charge in [-0.1, -0.05) is 28.1 Å². The number of benzene rings is 4. The van der Waals surface area contributed by atoms with Gasteiger partial charge in [-0.05, 0) is 84.9 Å². The van der Waals surface area contributed by atoms with Gasteiger partial charge in [-0.3, -0.25) is 14.4 Å². The van der Waals surface area contributed by atoms with Crippen LogP contribution in [0.25, 0.3) is 0 Å². The molecule has 0 bridgehead atoms. The summed E-state index contributed by atoms with van der Waals surface area (Å²) in [6.07, 6.45) is -0.0229. The van der Waals surface area contributed by atoms with Gasteiger partial charge in [0.25, 0.3) is 0 Å². The third-order valence-electron chi connectivity index (χ3n) is 6.72. The summed E-state index contributed by atoms with van der Waals surface area (Å²) in [7, 11) is 1.56. The first-order valence-electron chi connectivity index (χ1n) is 13.3. The molecular weight excluding hydrogens is 618 g/mol. The molecule has 0 spiro atoms. The van der Waals surface area contributed by atoms with Gasteiger partial charge in [-0.15, -0.1) is 0 Å². The van der Waals surface area contributed by atoms with Crippen LogP contribution in [0.1, 0.15) is 27.1 Å². The molecule has 218 valence electrons. The van der Waals surface area contributed by atoms with E-state index in [1.807, 2.05) is 12.1 Å². The Bertz CT molecular complexity index is 1640. The fourth-order valence-electron chi connectivity index (χ4n) is 4.44. The van der Waals surface area contributed by atoms with E-state index in [9.17, 15) is 19.2 Å². The molecule has 1 heterocycles. The van der Waals surface area contributed by atoms with Crippen molar-refractivity contribution in [1.29, 1.82) is 0 Å². The number of anilines is 1. The number of carbonyl (C=O) groups excluding carboxylic acids is 4. The molecular formula is C33H26BrNO8. The van der Waals surface area contributed by atoms with Gasteiger partial charge in [-0.2, -0.15) is 0 Å². The first-order valence-corrected chi connectivity index (χ1v) is 14.1. The minimum Gasteiger partial charge on any atom is -0.493 e. The molecule has 43 heavy (non-hydrogen) atoms. The summed E-state index contributed by atoms with van der Waals surface area (Å²) in [6, 6.07) is 26.9. The average Bonchev–Trinajstić information content (AvgIpc) is 3.42. The Morgan fingerprint density at radius 1 is 0.814 bits per heavy atom. The van der Waals surface area contributed by atoms with Crippen LogP contribution in [-0.4, -0.2) is 43.9 Å². The Kier molecular flexibility index (Phi) is 9.17. The second-order valence-electron chi connectivity index (χ2n) is 9.60. The van der Waals surface area contributed by atoms with Crippen molar-refractivity contribution in [2.75, 3.05) is 25.2 Å². The minimum absolute atomic E-state index is 0.0229. The number of ketones is 1. The quantitative estimate of drug-likeness (QED) is 0.113. The van der Waals surface area contributed by atoms with Crippen LogP contribution in [-0.2, 0) is 14.3 Å². The van der Waals surface area contributed by atoms with E-state index in [0.29, 0.717) is 28.5 Å². The molecule has 4 aromatic rings. The zero-order chi connectivity index (χ0) is 30.3. The number of Topliss-reactive ketones (excluding diaryl/α,β-unsaturated/α-hetero) is 1. The summed E-state index contributed by atoms with van der Waals surface area (Å²) in [5, 5.41) is 0. The molecule has 10 heteroatoms. The van der Waals surface area contributed by atoms with Crippen molar-refractivity contribution >= 4 is 45.2 Å². The van der Waals surface area contributed by atoms with Gasteiger partial charge in [0.05, 0.1) is 18.6 Å². The Hall–Kier alpha value is -4.96. The summed E-state index contributed by atoms with van der Waals surface area (Å²) >= 11 is 3.31. The fraction of sp³-hybridized carbons (Fsp3) is 0.152. The van der Waals surface area contributed by atoms with E-state index in [2.05, 4.69) is 15.9 Å². The maximum atomic E-state index is 12.7. The lowest BCUT2D eigenvalue weighted by molar-refractivity contribution is -0.147. The van der Waals surface area contributed by atoms with E-state index in [0.717, 1.165) is 4.47 Å². The monoisotopic (exact) mass is 643 g/mol. The number of para-hydroxylation sites is 2. The topological polar surface area (TPSA) is 108 Å². The predicted octanol–water partition coefficient (Wildman–Crippen LogP) is 6.25. The van der Waals surface area contributed by atoms with Crippen LogP contribution >= 0.6 is 15.9 Å². The van der Waals surface area contributed by atoms with Gasteiger partial charge in [0.2, 0.25) is 5.91 Å². The number of carbonyl (C=O) groups is 4. The van der Waals surface area contributed by atoms with Crippen LogP contribution in [0.5, 0.6) is 23.0 Å². The fourth-order valence-corrected chi connectivity index (χ4v) is 4.70. The molecule has 9 nitrogen and oxygen atoms in total. The van der Waals surface area contributed by atoms with E-state index in [-0.39, 0.29) is 30.2 Å². The van der Waals surface area contributed by atoms with Crippen molar-refractivity contribution < 1.29 is 38.1 Å². The first kappa shape index (κ1) is 29.5. The van der Waals surface area contributed by atoms with Gasteiger partial charge in [0, 0.05) is 28.7 Å². The van der Waals surface area contributed by atoms with Crippen LogP contribution in [0.3, 0.4) is 0 Å². The highest BCUT2D eigenvalue weighted by molar-refractivity contribution is 9.10. The summed E-state index contributed by atoms with van der Waals surface area (Å²) in [4.78, 5) is 51.8. The SMILES string of the molecule is COc1ccccc1Oc1ccc(N2C[C@H](C(=O)OCC(=O)c3ccc(OC(=O)c4ccc(Br)cc4)cc3)CC2=O)cc1. The molecule has 1 fully saturated rings. The van der Waals surface area contributed by atoms with Crippen LogP contribution in [0.2, 0.25) is 0 Å². The lowest BCUT2D eigenvalue weighted by atomic mass is 10.1. The third kappa shape index (κ3) is 7.28. The Morgan fingerprint density at radius 3 is 2.12 bits per heavy atom. The summed E-state index contributed by atoms with van der Waals surface area (Å²) in [6.45, 7) is -0.340. The number of halogens is 1. The van der Waals surface area contributed by atoms with E-state index < -0.39 is 30.2 Å². The number of amides is 1. The van der Waals surface area contributed by atoms with Crippen molar-refractivity contribution in [3.63, 3.8) is 0 Å². The molecule has 0 saturated carbocycles.